The molecule has 6 heteroatoms. The van der Waals surface area contributed by atoms with Crippen LogP contribution in [0, 0.1) is 0 Å². The lowest BCUT2D eigenvalue weighted by Gasteiger charge is -2.18. The molecule has 1 N–H and O–H groups in total. The highest BCUT2D eigenvalue weighted by molar-refractivity contribution is 7.97. The first-order chi connectivity index (χ1) is 15.2. The minimum absolute atomic E-state index is 0.0419. The van der Waals surface area contributed by atoms with Gasteiger partial charge in [0.05, 0.1) is 21.6 Å². The second kappa shape index (κ2) is 8.17. The maximum atomic E-state index is 12.9. The van der Waals surface area contributed by atoms with Crippen molar-refractivity contribution in [2.75, 3.05) is 6.26 Å². The molecule has 0 spiro atoms. The van der Waals surface area contributed by atoms with Crippen molar-refractivity contribution in [1.82, 2.24) is 15.0 Å². The molecule has 2 aromatic carbocycles. The number of nitrogens with one attached hydrogen (secondary N) is 1. The van der Waals surface area contributed by atoms with Crippen LogP contribution in [-0.2, 0) is 5.75 Å². The molecule has 0 aliphatic rings. The summed E-state index contributed by atoms with van der Waals surface area (Å²) in [5.41, 5.74) is 5.91. The monoisotopic (exact) mass is 443 g/mol. The predicted octanol–water partition coefficient (Wildman–Crippen LogP) is 6.32. The minimum Gasteiger partial charge on any atom is -0.346 e. The summed E-state index contributed by atoms with van der Waals surface area (Å²) in [5.74, 6) is 0.671. The number of halogens is 1. The van der Waals surface area contributed by atoms with Gasteiger partial charge < -0.3 is 4.98 Å². The van der Waals surface area contributed by atoms with Gasteiger partial charge in [-0.05, 0) is 35.6 Å². The first-order valence-corrected chi connectivity index (χ1v) is 11.6. The summed E-state index contributed by atoms with van der Waals surface area (Å²) in [5, 5.41) is 2.14. The number of rotatable bonds is 4. The lowest BCUT2D eigenvalue weighted by atomic mass is 9.92. The summed E-state index contributed by atoms with van der Waals surface area (Å²) in [7, 11) is 0. The van der Waals surface area contributed by atoms with Gasteiger partial charge in [0.1, 0.15) is 5.65 Å². The van der Waals surface area contributed by atoms with Crippen LogP contribution in [0.5, 0.6) is 0 Å². The summed E-state index contributed by atoms with van der Waals surface area (Å²) in [6.45, 7) is 0. The zero-order valence-electron chi connectivity index (χ0n) is 16.7. The van der Waals surface area contributed by atoms with E-state index in [4.69, 9.17) is 16.6 Å². The smallest absolute Gasteiger partial charge is 0.191 e. The highest BCUT2D eigenvalue weighted by Crippen LogP contribution is 2.40. The summed E-state index contributed by atoms with van der Waals surface area (Å²) >= 11 is 8.31. The largest absolute Gasteiger partial charge is 0.346 e. The van der Waals surface area contributed by atoms with E-state index in [1.54, 1.807) is 30.2 Å². The minimum atomic E-state index is -0.0419. The van der Waals surface area contributed by atoms with Crippen molar-refractivity contribution >= 4 is 45.3 Å². The van der Waals surface area contributed by atoms with Crippen LogP contribution in [0.2, 0.25) is 5.02 Å². The Morgan fingerprint density at radius 2 is 1.87 bits per heavy atom. The van der Waals surface area contributed by atoms with Crippen molar-refractivity contribution in [1.29, 1.82) is 0 Å². The third kappa shape index (κ3) is 3.50. The molecule has 0 radical (unpaired) electrons. The fraction of sp³-hybridized carbons (Fsp3) is 0.0800. The number of thioether (sulfide) groups is 1. The van der Waals surface area contributed by atoms with E-state index in [1.807, 2.05) is 54.8 Å². The topological polar surface area (TPSA) is 58.6 Å². The number of benzene rings is 2. The summed E-state index contributed by atoms with van der Waals surface area (Å²) in [6, 6.07) is 19.5. The highest BCUT2D eigenvalue weighted by Gasteiger charge is 2.21. The second-order valence-corrected chi connectivity index (χ2v) is 8.48. The first kappa shape index (κ1) is 19.8. The number of hydrogen-bond acceptors (Lipinski definition) is 4. The molecule has 0 saturated heterocycles. The third-order valence-electron chi connectivity index (χ3n) is 5.28. The van der Waals surface area contributed by atoms with Crippen molar-refractivity contribution in [2.24, 2.45) is 0 Å². The first-order valence-electron chi connectivity index (χ1n) is 9.80. The lowest BCUT2D eigenvalue weighted by molar-refractivity contribution is 1.25. The molecule has 3 heterocycles. The van der Waals surface area contributed by atoms with Gasteiger partial charge in [-0.3, -0.25) is 9.78 Å². The Balaban J connectivity index is 1.95. The summed E-state index contributed by atoms with van der Waals surface area (Å²) in [4.78, 5) is 25.4. The zero-order chi connectivity index (χ0) is 21.4. The lowest BCUT2D eigenvalue weighted by Crippen LogP contribution is -2.08. The second-order valence-electron chi connectivity index (χ2n) is 7.21. The highest BCUT2D eigenvalue weighted by atomic mass is 35.5. The Bertz CT molecular complexity index is 1480. The molecule has 0 fully saturated rings. The van der Waals surface area contributed by atoms with E-state index in [9.17, 15) is 4.79 Å². The van der Waals surface area contributed by atoms with Gasteiger partial charge in [-0.2, -0.15) is 11.8 Å². The molecule has 0 atom stereocenters. The standard InChI is InChI=1S/C25H18ClN3OS/c1-31-14-18-21(17-12-16-8-5-10-27-23(16)19(26)13-17)24(15-6-3-2-4-7-15)29-25-22(18)20(30)9-11-28-25/h2-13H,14H2,1H3,(H,28,29,30). The number of fused-ring (bicyclic) bond motifs is 2. The molecule has 31 heavy (non-hydrogen) atoms. The van der Waals surface area contributed by atoms with Crippen LogP contribution < -0.4 is 5.43 Å². The molecule has 152 valence electrons. The molecule has 4 nitrogen and oxygen atoms in total. The number of hydrogen-bond donors (Lipinski definition) is 1. The molecule has 3 aromatic heterocycles. The van der Waals surface area contributed by atoms with Crippen LogP contribution in [0.15, 0.2) is 77.9 Å². The number of H-pyrrole nitrogens is 1. The van der Waals surface area contributed by atoms with Gasteiger partial charge in [0.15, 0.2) is 5.43 Å². The number of nitrogens with zero attached hydrogens (tertiary/aromatic N) is 2. The van der Waals surface area contributed by atoms with E-state index < -0.39 is 0 Å². The molecular formula is C25H18ClN3OS. The van der Waals surface area contributed by atoms with Crippen LogP contribution in [0.1, 0.15) is 5.56 Å². The van der Waals surface area contributed by atoms with Crippen molar-refractivity contribution < 1.29 is 0 Å². The van der Waals surface area contributed by atoms with Crippen LogP contribution in [0.3, 0.4) is 0 Å². The number of aromatic nitrogens is 3. The molecule has 0 aliphatic carbocycles. The molecule has 0 bridgehead atoms. The van der Waals surface area contributed by atoms with Gasteiger partial charge >= 0.3 is 0 Å². The fourth-order valence-electron chi connectivity index (χ4n) is 3.98. The molecule has 0 aliphatic heterocycles. The molecule has 5 aromatic rings. The van der Waals surface area contributed by atoms with Crippen molar-refractivity contribution in [3.8, 4) is 22.4 Å². The van der Waals surface area contributed by atoms with E-state index in [0.29, 0.717) is 21.8 Å². The van der Waals surface area contributed by atoms with Gasteiger partial charge in [-0.1, -0.05) is 48.0 Å². The van der Waals surface area contributed by atoms with E-state index in [2.05, 4.69) is 16.0 Å². The Hall–Kier alpha value is -3.15. The van der Waals surface area contributed by atoms with E-state index in [-0.39, 0.29) is 5.43 Å². The Kier molecular flexibility index (Phi) is 5.22. The Morgan fingerprint density at radius 3 is 2.68 bits per heavy atom. The van der Waals surface area contributed by atoms with Crippen LogP contribution in [0.4, 0.5) is 0 Å². The molecule has 0 amide bonds. The molecule has 0 saturated carbocycles. The normalized spacial score (nSPS) is 11.3. The average Bonchev–Trinajstić information content (AvgIpc) is 2.79. The van der Waals surface area contributed by atoms with Crippen molar-refractivity contribution in [3.05, 3.63) is 93.9 Å². The van der Waals surface area contributed by atoms with Crippen LogP contribution >= 0.6 is 23.4 Å². The van der Waals surface area contributed by atoms with E-state index in [1.165, 1.54) is 0 Å². The van der Waals surface area contributed by atoms with E-state index >= 15 is 0 Å². The summed E-state index contributed by atoms with van der Waals surface area (Å²) < 4.78 is 0. The third-order valence-corrected chi connectivity index (χ3v) is 6.15. The summed E-state index contributed by atoms with van der Waals surface area (Å²) in [6.07, 6.45) is 5.42. The van der Waals surface area contributed by atoms with Gasteiger partial charge in [-0.25, -0.2) is 4.98 Å². The quantitative estimate of drug-likeness (QED) is 0.353. The molecule has 0 unspecified atom stereocenters. The van der Waals surface area contributed by atoms with Gasteiger partial charge in [-0.15, -0.1) is 0 Å². The van der Waals surface area contributed by atoms with Crippen molar-refractivity contribution in [2.45, 2.75) is 5.75 Å². The Labute approximate surface area is 188 Å². The number of aromatic amines is 1. The molecular weight excluding hydrogens is 426 g/mol. The van der Waals surface area contributed by atoms with Crippen LogP contribution in [0.25, 0.3) is 44.3 Å². The Morgan fingerprint density at radius 1 is 1.03 bits per heavy atom. The van der Waals surface area contributed by atoms with Gasteiger partial charge in [0, 0.05) is 40.7 Å². The van der Waals surface area contributed by atoms with Gasteiger partial charge in [0.2, 0.25) is 0 Å². The van der Waals surface area contributed by atoms with E-state index in [0.717, 1.165) is 38.9 Å². The van der Waals surface area contributed by atoms with Gasteiger partial charge in [0.25, 0.3) is 0 Å². The SMILES string of the molecule is CSCc1c(-c2cc(Cl)c3ncccc3c2)c(-c2ccccc2)nc2[nH]ccc(=O)c12. The van der Waals surface area contributed by atoms with Crippen molar-refractivity contribution in [3.63, 3.8) is 0 Å². The zero-order valence-corrected chi connectivity index (χ0v) is 18.3. The van der Waals surface area contributed by atoms with Crippen LogP contribution in [-0.4, -0.2) is 21.2 Å². The average molecular weight is 444 g/mol. The predicted molar refractivity (Wildman–Crippen MR) is 131 cm³/mol. The molecule has 5 rings (SSSR count). The number of pyridine rings is 3. The fourth-order valence-corrected chi connectivity index (χ4v) is 4.83. The maximum absolute atomic E-state index is 12.9. The maximum Gasteiger partial charge on any atom is 0.191 e.